The largest absolute Gasteiger partial charge is 0.480 e. The minimum absolute atomic E-state index is 0.383. The van der Waals surface area contributed by atoms with Crippen molar-refractivity contribution in [3.63, 3.8) is 0 Å². The zero-order chi connectivity index (χ0) is 15.2. The summed E-state index contributed by atoms with van der Waals surface area (Å²) in [7, 11) is 0. The van der Waals surface area contributed by atoms with Crippen LogP contribution in [0.15, 0.2) is 12.4 Å². The first-order chi connectivity index (χ1) is 9.40. The Bertz CT molecular complexity index is 429. The number of carboxylic acids is 1. The minimum atomic E-state index is -0.839. The summed E-state index contributed by atoms with van der Waals surface area (Å²) in [5, 5.41) is 12.5. The van der Waals surface area contributed by atoms with Crippen LogP contribution in [0, 0.1) is 0 Å². The Morgan fingerprint density at radius 1 is 1.55 bits per heavy atom. The van der Waals surface area contributed by atoms with Gasteiger partial charge < -0.3 is 15.0 Å². The first-order valence-electron chi connectivity index (χ1n) is 7.40. The van der Waals surface area contributed by atoms with Gasteiger partial charge in [0.2, 0.25) is 0 Å². The highest BCUT2D eigenvalue weighted by Gasteiger charge is 2.31. The highest BCUT2D eigenvalue weighted by Crippen LogP contribution is 2.16. The van der Waals surface area contributed by atoms with Crippen molar-refractivity contribution in [1.29, 1.82) is 0 Å². The highest BCUT2D eigenvalue weighted by molar-refractivity contribution is 5.78. The van der Waals surface area contributed by atoms with Crippen molar-refractivity contribution in [3.05, 3.63) is 18.2 Å². The van der Waals surface area contributed by atoms with Crippen LogP contribution >= 0.6 is 0 Å². The average Bonchev–Trinajstić information content (AvgIpc) is 2.84. The van der Waals surface area contributed by atoms with Crippen molar-refractivity contribution in [1.82, 2.24) is 14.9 Å². The van der Waals surface area contributed by atoms with Gasteiger partial charge in [-0.05, 0) is 32.7 Å². The molecule has 0 saturated heterocycles. The summed E-state index contributed by atoms with van der Waals surface area (Å²) in [6, 6.07) is 0. The Kier molecular flexibility index (Phi) is 6.20. The summed E-state index contributed by atoms with van der Waals surface area (Å²) < 4.78 is 2.12. The van der Waals surface area contributed by atoms with Crippen LogP contribution in [-0.4, -0.2) is 32.7 Å². The second kappa shape index (κ2) is 7.43. The lowest BCUT2D eigenvalue weighted by Crippen LogP contribution is -2.49. The number of hydrogen-bond donors (Lipinski definition) is 2. The standard InChI is InChI=1S/C15H27N3O2/c1-5-8-17-15(4,14(19)20)7-6-10-18-11-9-16-13(18)12(2)3/h9,11-12,17H,5-8,10H2,1-4H3,(H,19,20). The van der Waals surface area contributed by atoms with Gasteiger partial charge in [0.05, 0.1) is 0 Å². The van der Waals surface area contributed by atoms with Crippen LogP contribution in [0.1, 0.15) is 58.7 Å². The SMILES string of the molecule is CCCNC(C)(CCCn1ccnc1C(C)C)C(=O)O. The van der Waals surface area contributed by atoms with Crippen LogP contribution in [0.25, 0.3) is 0 Å². The molecule has 0 aliphatic rings. The Hall–Kier alpha value is -1.36. The summed E-state index contributed by atoms with van der Waals surface area (Å²) in [4.78, 5) is 15.8. The van der Waals surface area contributed by atoms with Gasteiger partial charge in [0, 0.05) is 24.9 Å². The van der Waals surface area contributed by atoms with Crippen LogP contribution in [-0.2, 0) is 11.3 Å². The molecule has 0 spiro atoms. The number of nitrogens with one attached hydrogen (secondary N) is 1. The molecule has 0 radical (unpaired) electrons. The quantitative estimate of drug-likeness (QED) is 0.730. The maximum atomic E-state index is 11.4. The molecule has 1 rings (SSSR count). The van der Waals surface area contributed by atoms with E-state index in [1.165, 1.54) is 0 Å². The minimum Gasteiger partial charge on any atom is -0.480 e. The van der Waals surface area contributed by atoms with Crippen molar-refractivity contribution in [2.24, 2.45) is 0 Å². The number of carboxylic acid groups (broad SMARTS) is 1. The van der Waals surface area contributed by atoms with Gasteiger partial charge in [-0.1, -0.05) is 20.8 Å². The number of imidazole rings is 1. The molecule has 1 unspecified atom stereocenters. The van der Waals surface area contributed by atoms with E-state index in [4.69, 9.17) is 0 Å². The van der Waals surface area contributed by atoms with E-state index in [9.17, 15) is 9.90 Å². The molecule has 20 heavy (non-hydrogen) atoms. The first-order valence-corrected chi connectivity index (χ1v) is 7.40. The molecule has 0 saturated carbocycles. The van der Waals surface area contributed by atoms with Gasteiger partial charge in [0.25, 0.3) is 0 Å². The lowest BCUT2D eigenvalue weighted by atomic mass is 9.95. The van der Waals surface area contributed by atoms with Gasteiger partial charge in [0.15, 0.2) is 0 Å². The molecule has 0 aliphatic carbocycles. The van der Waals surface area contributed by atoms with E-state index >= 15 is 0 Å². The second-order valence-corrected chi connectivity index (χ2v) is 5.80. The summed E-state index contributed by atoms with van der Waals surface area (Å²) in [5.41, 5.74) is -0.839. The summed E-state index contributed by atoms with van der Waals surface area (Å²) in [6.45, 7) is 9.57. The number of aromatic nitrogens is 2. The van der Waals surface area contributed by atoms with Gasteiger partial charge in [-0.15, -0.1) is 0 Å². The third-order valence-electron chi connectivity index (χ3n) is 3.58. The Morgan fingerprint density at radius 3 is 2.80 bits per heavy atom. The maximum Gasteiger partial charge on any atom is 0.323 e. The lowest BCUT2D eigenvalue weighted by molar-refractivity contribution is -0.144. The summed E-state index contributed by atoms with van der Waals surface area (Å²) >= 11 is 0. The van der Waals surface area contributed by atoms with Crippen LogP contribution in [0.5, 0.6) is 0 Å². The molecule has 0 aliphatic heterocycles. The van der Waals surface area contributed by atoms with Crippen molar-refractivity contribution in [3.8, 4) is 0 Å². The third-order valence-corrected chi connectivity index (χ3v) is 3.58. The molecule has 0 amide bonds. The molecule has 0 aromatic carbocycles. The maximum absolute atomic E-state index is 11.4. The number of nitrogens with zero attached hydrogens (tertiary/aromatic N) is 2. The molecule has 5 heteroatoms. The monoisotopic (exact) mass is 281 g/mol. The van der Waals surface area contributed by atoms with Gasteiger partial charge >= 0.3 is 5.97 Å². The van der Waals surface area contributed by atoms with Crippen molar-refractivity contribution in [2.75, 3.05) is 6.54 Å². The highest BCUT2D eigenvalue weighted by atomic mass is 16.4. The van der Waals surface area contributed by atoms with Gasteiger partial charge in [-0.25, -0.2) is 4.98 Å². The number of aryl methyl sites for hydroxylation is 1. The van der Waals surface area contributed by atoms with Crippen LogP contribution in [0.3, 0.4) is 0 Å². The van der Waals surface area contributed by atoms with E-state index < -0.39 is 11.5 Å². The summed E-state index contributed by atoms with van der Waals surface area (Å²) in [6.07, 6.45) is 6.13. The predicted octanol–water partition coefficient (Wildman–Crippen LogP) is 2.63. The molecule has 0 bridgehead atoms. The Morgan fingerprint density at radius 2 is 2.25 bits per heavy atom. The predicted molar refractivity (Wildman–Crippen MR) is 79.9 cm³/mol. The molecule has 5 nitrogen and oxygen atoms in total. The zero-order valence-corrected chi connectivity index (χ0v) is 13.0. The van der Waals surface area contributed by atoms with Crippen molar-refractivity contribution in [2.45, 2.75) is 65.0 Å². The molecular weight excluding hydrogens is 254 g/mol. The molecule has 1 aromatic heterocycles. The van der Waals surface area contributed by atoms with Gasteiger partial charge in [-0.2, -0.15) is 0 Å². The summed E-state index contributed by atoms with van der Waals surface area (Å²) in [5.74, 6) is 0.665. The average molecular weight is 281 g/mol. The third kappa shape index (κ3) is 4.34. The van der Waals surface area contributed by atoms with E-state index in [1.807, 2.05) is 13.1 Å². The molecule has 2 N–H and O–H groups in total. The van der Waals surface area contributed by atoms with E-state index in [-0.39, 0.29) is 0 Å². The van der Waals surface area contributed by atoms with E-state index in [1.54, 1.807) is 13.1 Å². The molecular formula is C15H27N3O2. The Balaban J connectivity index is 2.56. The number of carbonyl (C=O) groups is 1. The molecule has 0 fully saturated rings. The van der Waals surface area contributed by atoms with Crippen molar-refractivity contribution >= 4 is 5.97 Å². The molecule has 114 valence electrons. The number of rotatable bonds is 9. The first kappa shape index (κ1) is 16.7. The number of hydrogen-bond acceptors (Lipinski definition) is 3. The van der Waals surface area contributed by atoms with E-state index in [2.05, 4.69) is 28.7 Å². The van der Waals surface area contributed by atoms with E-state index in [0.29, 0.717) is 12.3 Å². The topological polar surface area (TPSA) is 67.2 Å². The fourth-order valence-corrected chi connectivity index (χ4v) is 2.29. The van der Waals surface area contributed by atoms with E-state index in [0.717, 1.165) is 31.8 Å². The normalized spacial score (nSPS) is 14.4. The molecule has 1 atom stereocenters. The van der Waals surface area contributed by atoms with Crippen LogP contribution in [0.2, 0.25) is 0 Å². The van der Waals surface area contributed by atoms with Gasteiger partial charge in [0.1, 0.15) is 11.4 Å². The number of aliphatic carboxylic acids is 1. The van der Waals surface area contributed by atoms with Crippen molar-refractivity contribution < 1.29 is 9.90 Å². The van der Waals surface area contributed by atoms with Crippen LogP contribution in [0.4, 0.5) is 0 Å². The molecule has 1 aromatic rings. The Labute approximate surface area is 121 Å². The molecule has 1 heterocycles. The smallest absolute Gasteiger partial charge is 0.323 e. The second-order valence-electron chi connectivity index (χ2n) is 5.80. The lowest BCUT2D eigenvalue weighted by Gasteiger charge is -2.26. The fraction of sp³-hybridized carbons (Fsp3) is 0.733. The van der Waals surface area contributed by atoms with Crippen LogP contribution < -0.4 is 5.32 Å². The van der Waals surface area contributed by atoms with Gasteiger partial charge in [-0.3, -0.25) is 4.79 Å². The fourth-order valence-electron chi connectivity index (χ4n) is 2.29. The zero-order valence-electron chi connectivity index (χ0n) is 13.0.